The quantitative estimate of drug-likeness (QED) is 0.0245. The van der Waals surface area contributed by atoms with E-state index in [4.69, 9.17) is 4.74 Å². The Balaban J connectivity index is 4.72. The predicted octanol–water partition coefficient (Wildman–Crippen LogP) is 16.3. The summed E-state index contributed by atoms with van der Waals surface area (Å²) in [5.41, 5.74) is 0. The van der Waals surface area contributed by atoms with E-state index in [1.54, 1.807) is 0 Å². The summed E-state index contributed by atoms with van der Waals surface area (Å²) >= 11 is 0. The van der Waals surface area contributed by atoms with Crippen LogP contribution in [0.2, 0.25) is 0 Å². The number of unbranched alkanes of at least 4 members (excludes halogenated alkanes) is 23. The number of aliphatic hydroxyl groups excluding tert-OH is 2. The highest BCUT2D eigenvalue weighted by atomic mass is 16.5. The molecule has 0 aromatic heterocycles. The van der Waals surface area contributed by atoms with Crippen molar-refractivity contribution >= 4 is 11.9 Å². The molecular weight excluding hydrogens is 791 g/mol. The number of rotatable bonds is 47. The van der Waals surface area contributed by atoms with Gasteiger partial charge in [-0.05, 0) is 83.5 Å². The zero-order valence-electron chi connectivity index (χ0n) is 41.9. The lowest BCUT2D eigenvalue weighted by Gasteiger charge is -2.24. The van der Waals surface area contributed by atoms with E-state index in [1.807, 2.05) is 0 Å². The van der Waals surface area contributed by atoms with Crippen LogP contribution in [0.5, 0.6) is 0 Å². The van der Waals surface area contributed by atoms with Crippen LogP contribution in [-0.4, -0.2) is 46.9 Å². The lowest BCUT2D eigenvalue weighted by molar-refractivity contribution is -0.151. The van der Waals surface area contributed by atoms with Crippen LogP contribution in [0.4, 0.5) is 0 Å². The van der Waals surface area contributed by atoms with Crippen molar-refractivity contribution in [1.82, 2.24) is 5.32 Å². The third-order valence-electron chi connectivity index (χ3n) is 11.8. The van der Waals surface area contributed by atoms with Crippen molar-refractivity contribution in [3.05, 3.63) is 85.1 Å². The van der Waals surface area contributed by atoms with Crippen molar-refractivity contribution in [1.29, 1.82) is 0 Å². The van der Waals surface area contributed by atoms with Crippen molar-refractivity contribution in [2.45, 2.75) is 264 Å². The van der Waals surface area contributed by atoms with Gasteiger partial charge in [-0.25, -0.2) is 0 Å². The maximum Gasteiger partial charge on any atom is 0.306 e. The van der Waals surface area contributed by atoms with Crippen LogP contribution in [0.3, 0.4) is 0 Å². The summed E-state index contributed by atoms with van der Waals surface area (Å²) in [5, 5.41) is 23.8. The number of aliphatic hydroxyl groups is 2. The smallest absolute Gasteiger partial charge is 0.306 e. The van der Waals surface area contributed by atoms with Gasteiger partial charge in [0, 0.05) is 6.42 Å². The molecule has 0 aliphatic heterocycles. The molecule has 0 aliphatic carbocycles. The number of hydrogen-bond donors (Lipinski definition) is 3. The minimum absolute atomic E-state index is 0.0314. The van der Waals surface area contributed by atoms with Crippen molar-refractivity contribution in [2.75, 3.05) is 6.61 Å². The van der Waals surface area contributed by atoms with E-state index in [2.05, 4.69) is 111 Å². The fourth-order valence-electron chi connectivity index (χ4n) is 7.71. The molecule has 6 heteroatoms. The maximum absolute atomic E-state index is 13.2. The van der Waals surface area contributed by atoms with E-state index in [1.165, 1.54) is 116 Å². The summed E-state index contributed by atoms with van der Waals surface area (Å²) in [5.74, 6) is -0.544. The molecule has 0 aromatic carbocycles. The first kappa shape index (κ1) is 61.0. The monoisotopic (exact) mass is 892 g/mol. The van der Waals surface area contributed by atoms with Crippen LogP contribution in [0.25, 0.3) is 0 Å². The van der Waals surface area contributed by atoms with E-state index in [9.17, 15) is 19.8 Å². The van der Waals surface area contributed by atoms with Gasteiger partial charge >= 0.3 is 5.97 Å². The molecule has 0 saturated carbocycles. The summed E-state index contributed by atoms with van der Waals surface area (Å²) in [6, 6.07) is -0.726. The molecule has 0 heterocycles. The van der Waals surface area contributed by atoms with Gasteiger partial charge in [-0.3, -0.25) is 9.59 Å². The Bertz CT molecular complexity index is 1230. The topological polar surface area (TPSA) is 95.9 Å². The molecular formula is C58H101NO5. The molecule has 0 radical (unpaired) electrons. The van der Waals surface area contributed by atoms with Gasteiger partial charge in [0.25, 0.3) is 0 Å². The van der Waals surface area contributed by atoms with Crippen LogP contribution >= 0.6 is 0 Å². The first-order chi connectivity index (χ1) is 31.5. The molecule has 3 N–H and O–H groups in total. The molecule has 0 rings (SSSR count). The number of ether oxygens (including phenoxy) is 1. The minimum atomic E-state index is -0.808. The van der Waals surface area contributed by atoms with E-state index < -0.39 is 18.2 Å². The number of carbonyl (C=O) groups is 2. The SMILES string of the molecule is CC/C=C/C=C/C=C/CCCCCCCCCC(=O)OC(CCC/C=C\C/C=C\C/C=C\C/C=C\CCCCC)CC(=O)NC(CO)C(O)CCCCCCCCCCCCCCC. The second-order valence-corrected chi connectivity index (χ2v) is 18.0. The van der Waals surface area contributed by atoms with Crippen molar-refractivity contribution in [2.24, 2.45) is 0 Å². The minimum Gasteiger partial charge on any atom is -0.462 e. The molecule has 3 atom stereocenters. The summed E-state index contributed by atoms with van der Waals surface area (Å²) in [6.45, 7) is 6.31. The number of hydrogen-bond acceptors (Lipinski definition) is 5. The predicted molar refractivity (Wildman–Crippen MR) is 278 cm³/mol. The van der Waals surface area contributed by atoms with Gasteiger partial charge in [0.2, 0.25) is 5.91 Å². The van der Waals surface area contributed by atoms with E-state index in [0.29, 0.717) is 19.3 Å². The largest absolute Gasteiger partial charge is 0.462 e. The molecule has 0 bridgehead atoms. The molecule has 0 saturated heterocycles. The van der Waals surface area contributed by atoms with Crippen LogP contribution in [0.1, 0.15) is 245 Å². The maximum atomic E-state index is 13.2. The number of allylic oxidation sites excluding steroid dienone is 14. The van der Waals surface area contributed by atoms with Gasteiger partial charge in [-0.15, -0.1) is 0 Å². The number of esters is 1. The van der Waals surface area contributed by atoms with E-state index >= 15 is 0 Å². The van der Waals surface area contributed by atoms with Gasteiger partial charge in [-0.1, -0.05) is 234 Å². The zero-order valence-corrected chi connectivity index (χ0v) is 41.9. The van der Waals surface area contributed by atoms with E-state index in [-0.39, 0.29) is 24.9 Å². The van der Waals surface area contributed by atoms with Crippen molar-refractivity contribution in [3.8, 4) is 0 Å². The first-order valence-electron chi connectivity index (χ1n) is 26.8. The molecule has 1 amide bonds. The second-order valence-electron chi connectivity index (χ2n) is 18.0. The van der Waals surface area contributed by atoms with Crippen LogP contribution in [-0.2, 0) is 14.3 Å². The van der Waals surface area contributed by atoms with Crippen LogP contribution in [0.15, 0.2) is 85.1 Å². The molecule has 6 nitrogen and oxygen atoms in total. The molecule has 3 unspecified atom stereocenters. The highest BCUT2D eigenvalue weighted by Gasteiger charge is 2.24. The van der Waals surface area contributed by atoms with E-state index in [0.717, 1.165) is 83.5 Å². The lowest BCUT2D eigenvalue weighted by Crippen LogP contribution is -2.46. The van der Waals surface area contributed by atoms with Gasteiger partial charge in [-0.2, -0.15) is 0 Å². The zero-order chi connectivity index (χ0) is 46.7. The standard InChI is InChI=1S/C58H101NO5/c1-4-7-10-13-16-19-22-25-27-28-30-32-34-37-40-43-46-49-54(64-58(63)51-48-45-42-39-36-33-29-26-23-20-17-14-11-8-5-2)52-57(62)59-55(53-60)56(61)50-47-44-41-38-35-31-24-21-18-15-12-9-6-3/h8,11,14,16-17,19-20,23,25,27,30,32,37,40,54-56,60-61H,4-7,9-10,12-13,15,18,21-22,24,26,28-29,31,33-36,38-39,41-53H2,1-3H3,(H,59,62)/b11-8+,17-14+,19-16-,23-20+,27-25-,32-30-,40-37-. The molecule has 0 aliphatic rings. The number of nitrogens with one attached hydrogen (secondary N) is 1. The normalized spacial score (nSPS) is 13.9. The molecule has 0 aromatic rings. The Labute approximate surface area is 395 Å². The fraction of sp³-hybridized carbons (Fsp3) is 0.724. The van der Waals surface area contributed by atoms with Crippen LogP contribution < -0.4 is 5.32 Å². The Morgan fingerprint density at radius 1 is 0.484 bits per heavy atom. The third-order valence-corrected chi connectivity index (χ3v) is 11.8. The van der Waals surface area contributed by atoms with Crippen molar-refractivity contribution in [3.63, 3.8) is 0 Å². The summed E-state index contributed by atoms with van der Waals surface area (Å²) in [6.07, 6.45) is 66.4. The first-order valence-corrected chi connectivity index (χ1v) is 26.8. The Kier molecular flexibility index (Phi) is 48.7. The Morgan fingerprint density at radius 3 is 1.47 bits per heavy atom. The second kappa shape index (κ2) is 51.0. The van der Waals surface area contributed by atoms with Gasteiger partial charge < -0.3 is 20.3 Å². The highest BCUT2D eigenvalue weighted by molar-refractivity contribution is 5.77. The average Bonchev–Trinajstić information content (AvgIpc) is 3.29. The molecule has 368 valence electrons. The van der Waals surface area contributed by atoms with Gasteiger partial charge in [0.15, 0.2) is 0 Å². The number of carbonyl (C=O) groups excluding carboxylic acids is 2. The fourth-order valence-corrected chi connectivity index (χ4v) is 7.71. The Morgan fingerprint density at radius 2 is 0.922 bits per heavy atom. The summed E-state index contributed by atoms with van der Waals surface area (Å²) < 4.78 is 5.91. The van der Waals surface area contributed by atoms with Crippen molar-refractivity contribution < 1.29 is 24.5 Å². The lowest BCUT2D eigenvalue weighted by atomic mass is 10.0. The van der Waals surface area contributed by atoms with Crippen LogP contribution in [0, 0.1) is 0 Å². The third kappa shape index (κ3) is 45.6. The molecule has 0 fully saturated rings. The molecule has 64 heavy (non-hydrogen) atoms. The summed E-state index contributed by atoms with van der Waals surface area (Å²) in [7, 11) is 0. The summed E-state index contributed by atoms with van der Waals surface area (Å²) in [4.78, 5) is 26.2. The van der Waals surface area contributed by atoms with Gasteiger partial charge in [0.1, 0.15) is 6.10 Å². The highest BCUT2D eigenvalue weighted by Crippen LogP contribution is 2.17. The Hall–Kier alpha value is -2.96. The molecule has 0 spiro atoms. The average molecular weight is 892 g/mol. The van der Waals surface area contributed by atoms with Gasteiger partial charge in [0.05, 0.1) is 25.2 Å². The number of amides is 1.